The van der Waals surface area contributed by atoms with E-state index in [1.165, 1.54) is 0 Å². The molecule has 0 aliphatic rings. The molecule has 0 saturated heterocycles. The maximum Gasteiger partial charge on any atom is 0.309 e. The molecule has 2 unspecified atom stereocenters. The molecule has 4 nitrogen and oxygen atoms in total. The van der Waals surface area contributed by atoms with Gasteiger partial charge in [0.2, 0.25) is 0 Å². The highest BCUT2D eigenvalue weighted by Crippen LogP contribution is 2.32. The molecule has 0 spiro atoms. The molecule has 0 fully saturated rings. The highest BCUT2D eigenvalue weighted by molar-refractivity contribution is 5.70. The van der Waals surface area contributed by atoms with Crippen molar-refractivity contribution < 1.29 is 19.7 Å². The molecule has 130 valence electrons. The first-order valence-electron chi connectivity index (χ1n) is 8.42. The van der Waals surface area contributed by atoms with E-state index in [0.29, 0.717) is 13.0 Å². The van der Waals surface area contributed by atoms with Crippen LogP contribution in [0.4, 0.5) is 0 Å². The van der Waals surface area contributed by atoms with Crippen LogP contribution < -0.4 is 0 Å². The van der Waals surface area contributed by atoms with E-state index in [1.807, 2.05) is 19.1 Å². The zero-order valence-electron chi connectivity index (χ0n) is 14.7. The zero-order valence-corrected chi connectivity index (χ0v) is 14.7. The van der Waals surface area contributed by atoms with Gasteiger partial charge in [0.15, 0.2) is 0 Å². The normalized spacial score (nSPS) is 14.4. The SMILES string of the molecule is CCCCOC(C)C(CCC(C)(C)c1ccc(O)cc1)C(=O)O. The fourth-order valence-electron chi connectivity index (χ4n) is 2.66. The summed E-state index contributed by atoms with van der Waals surface area (Å²) in [6.45, 7) is 8.75. The summed E-state index contributed by atoms with van der Waals surface area (Å²) in [5, 5.41) is 18.9. The topological polar surface area (TPSA) is 66.8 Å². The van der Waals surface area contributed by atoms with E-state index in [-0.39, 0.29) is 17.3 Å². The lowest BCUT2D eigenvalue weighted by atomic mass is 9.78. The predicted octanol–water partition coefficient (Wildman–Crippen LogP) is 4.36. The Morgan fingerprint density at radius 3 is 2.39 bits per heavy atom. The monoisotopic (exact) mass is 322 g/mol. The first-order valence-corrected chi connectivity index (χ1v) is 8.42. The van der Waals surface area contributed by atoms with Gasteiger partial charge in [-0.25, -0.2) is 0 Å². The van der Waals surface area contributed by atoms with Crippen molar-refractivity contribution in [3.8, 4) is 5.75 Å². The van der Waals surface area contributed by atoms with Crippen LogP contribution in [0.1, 0.15) is 58.9 Å². The van der Waals surface area contributed by atoms with Gasteiger partial charge in [-0.1, -0.05) is 39.3 Å². The van der Waals surface area contributed by atoms with E-state index >= 15 is 0 Å². The lowest BCUT2D eigenvalue weighted by Gasteiger charge is -2.28. The first-order chi connectivity index (χ1) is 10.8. The van der Waals surface area contributed by atoms with Crippen LogP contribution in [0, 0.1) is 5.92 Å². The molecule has 4 heteroatoms. The molecule has 2 atom stereocenters. The number of rotatable bonds is 10. The number of aromatic hydroxyl groups is 1. The number of unbranched alkanes of at least 4 members (excludes halogenated alkanes) is 1. The highest BCUT2D eigenvalue weighted by Gasteiger charge is 2.29. The van der Waals surface area contributed by atoms with E-state index in [0.717, 1.165) is 24.8 Å². The van der Waals surface area contributed by atoms with Crippen molar-refractivity contribution in [1.82, 2.24) is 0 Å². The number of carboxylic acid groups (broad SMARTS) is 1. The average molecular weight is 322 g/mol. The van der Waals surface area contributed by atoms with Gasteiger partial charge in [0.25, 0.3) is 0 Å². The minimum atomic E-state index is -0.796. The number of aliphatic carboxylic acids is 1. The van der Waals surface area contributed by atoms with Crippen molar-refractivity contribution in [2.24, 2.45) is 5.92 Å². The van der Waals surface area contributed by atoms with Crippen LogP contribution >= 0.6 is 0 Å². The van der Waals surface area contributed by atoms with Crippen molar-refractivity contribution in [3.63, 3.8) is 0 Å². The second kappa shape index (κ2) is 8.92. The van der Waals surface area contributed by atoms with Crippen LogP contribution in [0.15, 0.2) is 24.3 Å². The maximum absolute atomic E-state index is 11.6. The minimum Gasteiger partial charge on any atom is -0.508 e. The van der Waals surface area contributed by atoms with Gasteiger partial charge in [0, 0.05) is 6.61 Å². The molecule has 0 saturated carbocycles. The Kier molecular flexibility index (Phi) is 7.56. The minimum absolute atomic E-state index is 0.148. The summed E-state index contributed by atoms with van der Waals surface area (Å²) in [6.07, 6.45) is 3.02. The Morgan fingerprint density at radius 2 is 1.87 bits per heavy atom. The molecule has 0 amide bonds. The Balaban J connectivity index is 2.66. The fraction of sp³-hybridized carbons (Fsp3) is 0.632. The summed E-state index contributed by atoms with van der Waals surface area (Å²) in [5.41, 5.74) is 0.948. The fourth-order valence-corrected chi connectivity index (χ4v) is 2.66. The zero-order chi connectivity index (χ0) is 17.5. The van der Waals surface area contributed by atoms with E-state index in [9.17, 15) is 15.0 Å². The van der Waals surface area contributed by atoms with Gasteiger partial charge in [-0.3, -0.25) is 4.79 Å². The molecule has 0 aromatic heterocycles. The molecule has 1 aromatic rings. The van der Waals surface area contributed by atoms with Gasteiger partial charge in [-0.05, 0) is 49.3 Å². The van der Waals surface area contributed by atoms with E-state index in [4.69, 9.17) is 4.74 Å². The second-order valence-electron chi connectivity index (χ2n) is 6.84. The number of phenolic OH excluding ortho intramolecular Hbond substituents is 1. The second-order valence-corrected chi connectivity index (χ2v) is 6.84. The van der Waals surface area contributed by atoms with Crippen molar-refractivity contribution in [3.05, 3.63) is 29.8 Å². The molecule has 0 heterocycles. The first kappa shape index (κ1) is 19.5. The van der Waals surface area contributed by atoms with E-state index in [2.05, 4.69) is 20.8 Å². The molecule has 2 N–H and O–H groups in total. The molecule has 23 heavy (non-hydrogen) atoms. The van der Waals surface area contributed by atoms with Gasteiger partial charge in [-0.2, -0.15) is 0 Å². The van der Waals surface area contributed by atoms with Crippen molar-refractivity contribution in [1.29, 1.82) is 0 Å². The van der Waals surface area contributed by atoms with Crippen LogP contribution in [-0.2, 0) is 14.9 Å². The summed E-state index contributed by atoms with van der Waals surface area (Å²) >= 11 is 0. The number of ether oxygens (including phenoxy) is 1. The van der Waals surface area contributed by atoms with E-state index in [1.54, 1.807) is 12.1 Å². The lowest BCUT2D eigenvalue weighted by Crippen LogP contribution is -2.30. The summed E-state index contributed by atoms with van der Waals surface area (Å²) in [5.74, 6) is -1.05. The largest absolute Gasteiger partial charge is 0.508 e. The molecule has 0 aliphatic carbocycles. The van der Waals surface area contributed by atoms with Crippen LogP contribution in [0.5, 0.6) is 5.75 Å². The summed E-state index contributed by atoms with van der Waals surface area (Å²) in [7, 11) is 0. The number of benzene rings is 1. The van der Waals surface area contributed by atoms with Crippen LogP contribution in [-0.4, -0.2) is 28.9 Å². The van der Waals surface area contributed by atoms with Gasteiger partial charge >= 0.3 is 5.97 Å². The van der Waals surface area contributed by atoms with Gasteiger partial charge in [-0.15, -0.1) is 0 Å². The number of hydrogen-bond acceptors (Lipinski definition) is 3. The summed E-state index contributed by atoms with van der Waals surface area (Å²) in [6, 6.07) is 7.13. The third-order valence-corrected chi connectivity index (χ3v) is 4.49. The standard InChI is InChI=1S/C19H30O4/c1-5-6-13-23-14(2)17(18(21)22)11-12-19(3,4)15-7-9-16(20)10-8-15/h7-10,14,17,20H,5-6,11-13H2,1-4H3,(H,21,22). The highest BCUT2D eigenvalue weighted by atomic mass is 16.5. The molecule has 0 bridgehead atoms. The Hall–Kier alpha value is -1.55. The van der Waals surface area contributed by atoms with Crippen LogP contribution in [0.3, 0.4) is 0 Å². The summed E-state index contributed by atoms with van der Waals surface area (Å²) < 4.78 is 5.68. The average Bonchev–Trinajstić information content (AvgIpc) is 2.47. The van der Waals surface area contributed by atoms with Gasteiger partial charge in [0.05, 0.1) is 12.0 Å². The Labute approximate surface area is 139 Å². The molecule has 0 aliphatic heterocycles. The molecular formula is C19H30O4. The quantitative estimate of drug-likeness (QED) is 0.628. The van der Waals surface area contributed by atoms with Crippen molar-refractivity contribution in [2.45, 2.75) is 64.9 Å². The van der Waals surface area contributed by atoms with E-state index < -0.39 is 11.9 Å². The molecule has 1 rings (SSSR count). The number of phenols is 1. The van der Waals surface area contributed by atoms with Crippen LogP contribution in [0.25, 0.3) is 0 Å². The molecule has 0 radical (unpaired) electrons. The van der Waals surface area contributed by atoms with Gasteiger partial charge in [0.1, 0.15) is 5.75 Å². The van der Waals surface area contributed by atoms with Crippen LogP contribution in [0.2, 0.25) is 0 Å². The smallest absolute Gasteiger partial charge is 0.309 e. The third kappa shape index (κ3) is 6.22. The molecule has 1 aromatic carbocycles. The third-order valence-electron chi connectivity index (χ3n) is 4.49. The van der Waals surface area contributed by atoms with Crippen molar-refractivity contribution in [2.75, 3.05) is 6.61 Å². The van der Waals surface area contributed by atoms with Crippen molar-refractivity contribution >= 4 is 5.97 Å². The lowest BCUT2D eigenvalue weighted by molar-refractivity contribution is -0.147. The number of hydrogen-bond donors (Lipinski definition) is 2. The summed E-state index contributed by atoms with van der Waals surface area (Å²) in [4.78, 5) is 11.6. The molecular weight excluding hydrogens is 292 g/mol. The van der Waals surface area contributed by atoms with Gasteiger partial charge < -0.3 is 14.9 Å². The number of carbonyl (C=O) groups is 1. The Bertz CT molecular complexity index is 479. The Morgan fingerprint density at radius 1 is 1.26 bits per heavy atom. The maximum atomic E-state index is 11.6. The number of carboxylic acids is 1. The predicted molar refractivity (Wildman–Crippen MR) is 91.8 cm³/mol.